The van der Waals surface area contributed by atoms with Crippen LogP contribution in [0.25, 0.3) is 0 Å². The molecule has 8 nitrogen and oxygen atoms in total. The number of methoxy groups -OCH3 is 2. The topological polar surface area (TPSA) is 123 Å². The van der Waals surface area contributed by atoms with Crippen molar-refractivity contribution in [1.82, 2.24) is 0 Å². The van der Waals surface area contributed by atoms with E-state index in [0.29, 0.717) is 34.4 Å². The summed E-state index contributed by atoms with van der Waals surface area (Å²) in [6.45, 7) is 0. The second-order valence-corrected chi connectivity index (χ2v) is 9.42. The lowest BCUT2D eigenvalue weighted by Gasteiger charge is -2.14. The van der Waals surface area contributed by atoms with Crippen LogP contribution in [0.1, 0.15) is 0 Å². The molecule has 0 bridgehead atoms. The van der Waals surface area contributed by atoms with E-state index in [4.69, 9.17) is 30.4 Å². The van der Waals surface area contributed by atoms with Crippen LogP contribution in [0.3, 0.4) is 0 Å². The van der Waals surface area contributed by atoms with Crippen LogP contribution in [-0.4, -0.2) is 22.6 Å². The Hall–Kier alpha value is -4.37. The van der Waals surface area contributed by atoms with E-state index in [1.54, 1.807) is 48.5 Å². The molecule has 180 valence electrons. The predicted molar refractivity (Wildman–Crippen MR) is 133 cm³/mol. The Morgan fingerprint density at radius 3 is 1.26 bits per heavy atom. The second-order valence-electron chi connectivity index (χ2n) is 7.47. The maximum absolute atomic E-state index is 13.4. The lowest BCUT2D eigenvalue weighted by Crippen LogP contribution is -2.04. The maximum atomic E-state index is 13.4. The van der Waals surface area contributed by atoms with E-state index in [1.165, 1.54) is 50.6 Å². The number of ether oxygens (including phenoxy) is 4. The molecule has 4 aromatic rings. The second kappa shape index (κ2) is 9.86. The third-order valence-corrected chi connectivity index (χ3v) is 6.86. The molecule has 0 unspecified atom stereocenters. The Kier molecular flexibility index (Phi) is 6.70. The smallest absolute Gasteiger partial charge is 0.206 e. The molecule has 0 aliphatic heterocycles. The van der Waals surface area contributed by atoms with Crippen molar-refractivity contribution >= 4 is 21.2 Å². The van der Waals surface area contributed by atoms with Gasteiger partial charge in [-0.15, -0.1) is 0 Å². The minimum absolute atomic E-state index is 0.0354. The van der Waals surface area contributed by atoms with Gasteiger partial charge < -0.3 is 30.4 Å². The van der Waals surface area contributed by atoms with Crippen LogP contribution in [0, 0.1) is 0 Å². The predicted octanol–water partition coefficient (Wildman–Crippen LogP) is 5.29. The molecule has 0 atom stereocenters. The van der Waals surface area contributed by atoms with Crippen LogP contribution in [-0.2, 0) is 9.84 Å². The number of nitrogen functional groups attached to an aromatic ring is 2. The summed E-state index contributed by atoms with van der Waals surface area (Å²) in [4.78, 5) is 0.0709. The molecule has 0 saturated carbocycles. The lowest BCUT2D eigenvalue weighted by molar-refractivity contribution is 0.377. The molecular formula is C26H24N2O6S. The molecule has 0 aromatic heterocycles. The minimum atomic E-state index is -3.90. The van der Waals surface area contributed by atoms with Gasteiger partial charge in [-0.3, -0.25) is 0 Å². The van der Waals surface area contributed by atoms with Gasteiger partial charge >= 0.3 is 0 Å². The van der Waals surface area contributed by atoms with Crippen molar-refractivity contribution in [2.45, 2.75) is 9.79 Å². The van der Waals surface area contributed by atoms with Crippen LogP contribution in [0.2, 0.25) is 0 Å². The average molecular weight is 493 g/mol. The standard InChI is InChI=1S/C26H24N2O6S/c1-31-25-15-21(11-13-23(25)33-19-7-3-17(27)4-8-19)35(29,30)22-12-14-24(26(16-22)32-2)34-20-9-5-18(28)6-10-20/h3-16H,27-28H2,1-2H3. The quantitative estimate of drug-likeness (QED) is 0.318. The molecule has 0 spiro atoms. The number of anilines is 2. The molecule has 35 heavy (non-hydrogen) atoms. The third-order valence-electron chi connectivity index (χ3n) is 5.11. The minimum Gasteiger partial charge on any atom is -0.493 e. The van der Waals surface area contributed by atoms with Crippen molar-refractivity contribution in [1.29, 1.82) is 0 Å². The number of hydrogen-bond donors (Lipinski definition) is 2. The molecule has 4 aromatic carbocycles. The largest absolute Gasteiger partial charge is 0.493 e. The Balaban J connectivity index is 1.62. The van der Waals surface area contributed by atoms with E-state index in [-0.39, 0.29) is 21.3 Å². The molecule has 0 aliphatic rings. The summed E-state index contributed by atoms with van der Waals surface area (Å²) in [5.74, 6) is 2.32. The Labute approximate surface area is 203 Å². The van der Waals surface area contributed by atoms with E-state index in [9.17, 15) is 8.42 Å². The molecule has 0 fully saturated rings. The number of hydrogen-bond acceptors (Lipinski definition) is 8. The van der Waals surface area contributed by atoms with Gasteiger partial charge in [-0.25, -0.2) is 8.42 Å². The number of rotatable bonds is 8. The molecule has 4 rings (SSSR count). The zero-order valence-corrected chi connectivity index (χ0v) is 19.9. The molecule has 0 radical (unpaired) electrons. The van der Waals surface area contributed by atoms with Crippen LogP contribution >= 0.6 is 0 Å². The zero-order chi connectivity index (χ0) is 25.0. The molecular weight excluding hydrogens is 468 g/mol. The van der Waals surface area contributed by atoms with Crippen LogP contribution in [0.5, 0.6) is 34.5 Å². The van der Waals surface area contributed by atoms with Gasteiger partial charge in [0.25, 0.3) is 0 Å². The zero-order valence-electron chi connectivity index (χ0n) is 19.1. The van der Waals surface area contributed by atoms with Crippen molar-refractivity contribution in [2.24, 2.45) is 0 Å². The molecule has 0 saturated heterocycles. The first-order chi connectivity index (χ1) is 16.8. The highest BCUT2D eigenvalue weighted by molar-refractivity contribution is 7.91. The third kappa shape index (κ3) is 5.25. The fourth-order valence-electron chi connectivity index (χ4n) is 3.26. The number of sulfone groups is 1. The summed E-state index contributed by atoms with van der Waals surface area (Å²) in [7, 11) is -1.02. The van der Waals surface area contributed by atoms with Crippen LogP contribution in [0.4, 0.5) is 11.4 Å². The Morgan fingerprint density at radius 1 is 0.543 bits per heavy atom. The summed E-state index contributed by atoms with van der Waals surface area (Å²) >= 11 is 0. The van der Waals surface area contributed by atoms with Crippen molar-refractivity contribution in [3.63, 3.8) is 0 Å². The molecule has 0 aliphatic carbocycles. The summed E-state index contributed by atoms with van der Waals surface area (Å²) in [5, 5.41) is 0. The summed E-state index contributed by atoms with van der Waals surface area (Å²) in [5.41, 5.74) is 12.6. The van der Waals surface area contributed by atoms with Crippen molar-refractivity contribution in [3.05, 3.63) is 84.9 Å². The van der Waals surface area contributed by atoms with Crippen molar-refractivity contribution in [2.75, 3.05) is 25.7 Å². The van der Waals surface area contributed by atoms with E-state index in [2.05, 4.69) is 0 Å². The number of benzene rings is 4. The Morgan fingerprint density at radius 2 is 0.914 bits per heavy atom. The monoisotopic (exact) mass is 492 g/mol. The fraction of sp³-hybridized carbons (Fsp3) is 0.0769. The van der Waals surface area contributed by atoms with Gasteiger partial charge in [0.15, 0.2) is 23.0 Å². The fourth-order valence-corrected chi connectivity index (χ4v) is 4.55. The van der Waals surface area contributed by atoms with Gasteiger partial charge in [0, 0.05) is 23.5 Å². The lowest BCUT2D eigenvalue weighted by atomic mass is 10.3. The summed E-state index contributed by atoms with van der Waals surface area (Å²) in [6.07, 6.45) is 0. The highest BCUT2D eigenvalue weighted by Crippen LogP contribution is 2.38. The first-order valence-corrected chi connectivity index (χ1v) is 12.0. The van der Waals surface area contributed by atoms with E-state index >= 15 is 0 Å². The molecule has 9 heteroatoms. The number of nitrogens with two attached hydrogens (primary N) is 2. The summed E-state index contributed by atoms with van der Waals surface area (Å²) in [6, 6.07) is 22.5. The average Bonchev–Trinajstić information content (AvgIpc) is 2.87. The van der Waals surface area contributed by atoms with Gasteiger partial charge in [-0.2, -0.15) is 0 Å². The molecule has 0 amide bonds. The van der Waals surface area contributed by atoms with Gasteiger partial charge in [0.1, 0.15) is 11.5 Å². The van der Waals surface area contributed by atoms with Gasteiger partial charge in [-0.05, 0) is 72.8 Å². The maximum Gasteiger partial charge on any atom is 0.206 e. The highest BCUT2D eigenvalue weighted by Gasteiger charge is 2.22. The first kappa shape index (κ1) is 23.8. The molecule has 0 heterocycles. The van der Waals surface area contributed by atoms with Crippen molar-refractivity contribution < 1.29 is 27.4 Å². The molecule has 4 N–H and O–H groups in total. The van der Waals surface area contributed by atoms with Crippen LogP contribution in [0.15, 0.2) is 94.7 Å². The van der Waals surface area contributed by atoms with Crippen LogP contribution < -0.4 is 30.4 Å². The van der Waals surface area contributed by atoms with Gasteiger partial charge in [0.05, 0.1) is 24.0 Å². The van der Waals surface area contributed by atoms with E-state index in [0.717, 1.165) is 0 Å². The Bertz CT molecular complexity index is 1330. The van der Waals surface area contributed by atoms with E-state index < -0.39 is 9.84 Å². The first-order valence-electron chi connectivity index (χ1n) is 10.5. The van der Waals surface area contributed by atoms with Crippen molar-refractivity contribution in [3.8, 4) is 34.5 Å². The van der Waals surface area contributed by atoms with E-state index in [1.807, 2.05) is 0 Å². The SMILES string of the molecule is COc1cc(S(=O)(=O)c2ccc(Oc3ccc(N)cc3)c(OC)c2)ccc1Oc1ccc(N)cc1. The van der Waals surface area contributed by atoms with Gasteiger partial charge in [0.2, 0.25) is 9.84 Å². The van der Waals surface area contributed by atoms with Gasteiger partial charge in [-0.1, -0.05) is 0 Å². The normalized spacial score (nSPS) is 11.0. The summed E-state index contributed by atoms with van der Waals surface area (Å²) < 4.78 is 49.1. The highest BCUT2D eigenvalue weighted by atomic mass is 32.2.